The number of thioether (sulfide) groups is 1. The lowest BCUT2D eigenvalue weighted by Gasteiger charge is -2.18. The Morgan fingerprint density at radius 1 is 1.29 bits per heavy atom. The number of amides is 1. The molecule has 9 nitrogen and oxygen atoms in total. The van der Waals surface area contributed by atoms with Crippen molar-refractivity contribution in [2.24, 2.45) is 9.98 Å². The van der Waals surface area contributed by atoms with Gasteiger partial charge in [0.25, 0.3) is 12.1 Å². The first-order valence-electron chi connectivity index (χ1n) is 9.48. The maximum atomic E-state index is 13.1. The van der Waals surface area contributed by atoms with E-state index in [4.69, 9.17) is 4.52 Å². The van der Waals surface area contributed by atoms with Crippen molar-refractivity contribution < 1.29 is 19.1 Å². The Morgan fingerprint density at radius 2 is 2.13 bits per heavy atom. The summed E-state index contributed by atoms with van der Waals surface area (Å²) >= 11 is 1.13. The number of aryl methyl sites for hydroxylation is 1. The van der Waals surface area contributed by atoms with E-state index in [1.165, 1.54) is 9.58 Å². The van der Waals surface area contributed by atoms with E-state index in [0.717, 1.165) is 17.3 Å². The zero-order valence-corrected chi connectivity index (χ0v) is 17.4. The third-order valence-corrected chi connectivity index (χ3v) is 5.14. The first kappa shape index (κ1) is 20.5. The van der Waals surface area contributed by atoms with Crippen LogP contribution in [0.5, 0.6) is 0 Å². The van der Waals surface area contributed by atoms with Crippen LogP contribution in [-0.4, -0.2) is 33.0 Å². The van der Waals surface area contributed by atoms with Gasteiger partial charge in [-0.3, -0.25) is 19.2 Å². The molecule has 31 heavy (non-hydrogen) atoms. The summed E-state index contributed by atoms with van der Waals surface area (Å²) in [6.07, 6.45) is 6.52. The number of aliphatic imine (C=N–C) groups is 2. The van der Waals surface area contributed by atoms with Crippen molar-refractivity contribution in [1.29, 1.82) is 0 Å². The molecule has 0 saturated carbocycles. The molecule has 1 aliphatic rings. The van der Waals surface area contributed by atoms with E-state index in [1.54, 1.807) is 30.7 Å². The lowest BCUT2D eigenvalue weighted by Crippen LogP contribution is -2.32. The van der Waals surface area contributed by atoms with Gasteiger partial charge >= 0.3 is 5.88 Å². The SMILES string of the molecule is CC[n+]1cc(/N=C(/[O-])CSC2=N/C(=C/c3cccnc3)C(=O)N2c2ccccc2)on1. The van der Waals surface area contributed by atoms with Crippen LogP contribution in [0.15, 0.2) is 81.3 Å². The van der Waals surface area contributed by atoms with Crippen molar-refractivity contribution in [1.82, 2.24) is 10.3 Å². The second-order valence-electron chi connectivity index (χ2n) is 6.38. The number of pyridine rings is 1. The molecule has 1 aliphatic heterocycles. The van der Waals surface area contributed by atoms with Gasteiger partial charge in [0.1, 0.15) is 5.70 Å². The van der Waals surface area contributed by atoms with E-state index >= 15 is 0 Å². The quantitative estimate of drug-likeness (QED) is 0.254. The first-order valence-corrected chi connectivity index (χ1v) is 10.5. The molecule has 0 radical (unpaired) electrons. The van der Waals surface area contributed by atoms with Crippen molar-refractivity contribution in [2.75, 3.05) is 10.7 Å². The van der Waals surface area contributed by atoms with E-state index in [-0.39, 0.29) is 23.2 Å². The summed E-state index contributed by atoms with van der Waals surface area (Å²) in [4.78, 5) is 27.0. The van der Waals surface area contributed by atoms with Crippen LogP contribution in [-0.2, 0) is 11.3 Å². The summed E-state index contributed by atoms with van der Waals surface area (Å²) in [6.45, 7) is 2.51. The van der Waals surface area contributed by atoms with Crippen LogP contribution in [0.2, 0.25) is 0 Å². The molecule has 0 unspecified atom stereocenters. The molecule has 3 aromatic rings. The smallest absolute Gasteiger partial charge is 0.320 e. The minimum atomic E-state index is -0.419. The number of nitrogens with zero attached hydrogens (tertiary/aromatic N) is 6. The maximum Gasteiger partial charge on any atom is 0.320 e. The number of amidine groups is 1. The van der Waals surface area contributed by atoms with Crippen LogP contribution in [0.4, 0.5) is 11.6 Å². The molecule has 1 aromatic carbocycles. The highest BCUT2D eigenvalue weighted by Gasteiger charge is 2.31. The number of carbonyl (C=O) groups excluding carboxylic acids is 1. The Balaban J connectivity index is 1.58. The van der Waals surface area contributed by atoms with Gasteiger partial charge in [0.2, 0.25) is 5.27 Å². The highest BCUT2D eigenvalue weighted by atomic mass is 32.2. The zero-order valence-electron chi connectivity index (χ0n) is 16.6. The molecule has 0 aliphatic carbocycles. The number of hydrogen-bond acceptors (Lipinski definition) is 8. The van der Waals surface area contributed by atoms with Gasteiger partial charge < -0.3 is 5.11 Å². The Morgan fingerprint density at radius 3 is 2.84 bits per heavy atom. The number of para-hydroxylation sites is 1. The van der Waals surface area contributed by atoms with E-state index in [1.807, 2.05) is 43.3 Å². The van der Waals surface area contributed by atoms with Crippen molar-refractivity contribution in [3.05, 3.63) is 72.3 Å². The lowest BCUT2D eigenvalue weighted by atomic mass is 10.2. The monoisotopic (exact) mass is 434 g/mol. The molecular weight excluding hydrogens is 416 g/mol. The molecule has 2 aromatic heterocycles. The van der Waals surface area contributed by atoms with E-state index in [0.29, 0.717) is 17.4 Å². The van der Waals surface area contributed by atoms with Crippen LogP contribution in [0.25, 0.3) is 6.08 Å². The molecule has 0 atom stereocenters. The van der Waals surface area contributed by atoms with Crippen LogP contribution in [0.3, 0.4) is 0 Å². The van der Waals surface area contributed by atoms with Gasteiger partial charge in [-0.05, 0) is 42.7 Å². The van der Waals surface area contributed by atoms with Gasteiger partial charge in [0.15, 0.2) is 11.7 Å². The van der Waals surface area contributed by atoms with Crippen LogP contribution in [0, 0.1) is 0 Å². The highest BCUT2D eigenvalue weighted by molar-refractivity contribution is 8.14. The normalized spacial score (nSPS) is 15.6. The van der Waals surface area contributed by atoms with Gasteiger partial charge in [-0.1, -0.05) is 40.7 Å². The zero-order chi connectivity index (χ0) is 21.6. The third-order valence-electron chi connectivity index (χ3n) is 4.21. The molecule has 4 rings (SSSR count). The Labute approximate surface area is 182 Å². The van der Waals surface area contributed by atoms with Crippen LogP contribution in [0.1, 0.15) is 12.5 Å². The molecule has 0 fully saturated rings. The first-order chi connectivity index (χ1) is 15.1. The van der Waals surface area contributed by atoms with Crippen molar-refractivity contribution in [2.45, 2.75) is 13.5 Å². The average molecular weight is 434 g/mol. The summed E-state index contributed by atoms with van der Waals surface area (Å²) in [5.41, 5.74) is 1.69. The van der Waals surface area contributed by atoms with Gasteiger partial charge in [0.05, 0.1) is 5.69 Å². The van der Waals surface area contributed by atoms with Crippen LogP contribution < -0.4 is 14.7 Å². The largest absolute Gasteiger partial charge is 0.861 e. The number of rotatable bonds is 6. The fourth-order valence-electron chi connectivity index (χ4n) is 2.77. The number of aromatic nitrogens is 3. The summed E-state index contributed by atoms with van der Waals surface area (Å²) in [5.74, 6) is -0.574. The fraction of sp³-hybridized carbons (Fsp3) is 0.143. The number of anilines is 1. The summed E-state index contributed by atoms with van der Waals surface area (Å²) in [6, 6.07) is 12.8. The molecule has 0 N–H and O–H groups in total. The molecule has 0 saturated heterocycles. The predicted molar refractivity (Wildman–Crippen MR) is 116 cm³/mol. The Hall–Kier alpha value is -3.79. The molecule has 156 valence electrons. The lowest BCUT2D eigenvalue weighted by molar-refractivity contribution is -0.759. The molecule has 0 spiro atoms. The molecule has 10 heteroatoms. The minimum Gasteiger partial charge on any atom is -0.861 e. The van der Waals surface area contributed by atoms with Gasteiger partial charge in [0, 0.05) is 18.1 Å². The summed E-state index contributed by atoms with van der Waals surface area (Å²) in [7, 11) is 0. The fourth-order valence-corrected chi connectivity index (χ4v) is 3.56. The van der Waals surface area contributed by atoms with Gasteiger partial charge in [-0.15, -0.1) is 0 Å². The number of hydrogen-bond donors (Lipinski definition) is 0. The minimum absolute atomic E-state index is 0.0115. The molecular formula is C21H18N6O3S. The second-order valence-corrected chi connectivity index (χ2v) is 7.32. The number of benzene rings is 1. The summed E-state index contributed by atoms with van der Waals surface area (Å²) in [5, 5.41) is 16.4. The van der Waals surface area contributed by atoms with E-state index in [9.17, 15) is 9.90 Å². The highest BCUT2D eigenvalue weighted by Crippen LogP contribution is 2.29. The van der Waals surface area contributed by atoms with Crippen LogP contribution >= 0.6 is 11.8 Å². The van der Waals surface area contributed by atoms with E-state index < -0.39 is 5.90 Å². The third kappa shape index (κ3) is 4.86. The molecule has 1 amide bonds. The standard InChI is InChI=1S/C21H18N6O3S/c1-2-26-13-19(30-25-26)24-18(28)14-31-21-23-17(11-15-7-6-10-22-12-15)20(29)27(21)16-8-4-3-5-9-16/h3-13H,2,14H2,1H3/b17-11+. The topological polar surface area (TPSA) is 111 Å². The second kappa shape index (κ2) is 9.35. The van der Waals surface area contributed by atoms with Crippen molar-refractivity contribution >= 4 is 46.4 Å². The average Bonchev–Trinajstić information content (AvgIpc) is 3.37. The predicted octanol–water partition coefficient (Wildman–Crippen LogP) is 1.94. The van der Waals surface area contributed by atoms with E-state index in [2.05, 4.69) is 20.2 Å². The summed E-state index contributed by atoms with van der Waals surface area (Å²) < 4.78 is 6.53. The molecule has 3 heterocycles. The maximum absolute atomic E-state index is 13.1. The Bertz CT molecular complexity index is 1160. The molecule has 0 bridgehead atoms. The Kier molecular flexibility index (Phi) is 6.18. The number of carbonyl (C=O) groups is 1. The van der Waals surface area contributed by atoms with Gasteiger partial charge in [-0.2, -0.15) is 0 Å². The van der Waals surface area contributed by atoms with Crippen molar-refractivity contribution in [3.63, 3.8) is 0 Å². The van der Waals surface area contributed by atoms with Crippen molar-refractivity contribution in [3.8, 4) is 0 Å². The van der Waals surface area contributed by atoms with Gasteiger partial charge in [-0.25, -0.2) is 9.98 Å².